The minimum absolute atomic E-state index is 0.185. The monoisotopic (exact) mass is 392 g/mol. The molecule has 0 atom stereocenters. The third kappa shape index (κ3) is 6.24. The zero-order valence-electron chi connectivity index (χ0n) is 15.5. The molecule has 0 aliphatic carbocycles. The van der Waals surface area contributed by atoms with Crippen molar-refractivity contribution in [3.63, 3.8) is 0 Å². The first-order chi connectivity index (χ1) is 14.1. The smallest absolute Gasteiger partial charge is 0.315 e. The highest BCUT2D eigenvalue weighted by Gasteiger charge is 2.10. The van der Waals surface area contributed by atoms with E-state index in [-0.39, 0.29) is 12.3 Å². The molecule has 0 spiro atoms. The van der Waals surface area contributed by atoms with E-state index in [2.05, 4.69) is 21.3 Å². The molecule has 3 aromatic rings. The van der Waals surface area contributed by atoms with Gasteiger partial charge in [0.15, 0.2) is 5.76 Å². The Balaban J connectivity index is 1.44. The number of benzene rings is 2. The van der Waals surface area contributed by atoms with Crippen molar-refractivity contribution in [2.24, 2.45) is 0 Å². The molecule has 0 aliphatic heterocycles. The van der Waals surface area contributed by atoms with Crippen LogP contribution in [0.25, 0.3) is 0 Å². The lowest BCUT2D eigenvalue weighted by atomic mass is 10.2. The van der Waals surface area contributed by atoms with Gasteiger partial charge in [-0.1, -0.05) is 36.4 Å². The lowest BCUT2D eigenvalue weighted by Gasteiger charge is -2.10. The largest absolute Gasteiger partial charge is 0.459 e. The van der Waals surface area contributed by atoms with Crippen LogP contribution in [0.3, 0.4) is 0 Å². The van der Waals surface area contributed by atoms with Crippen LogP contribution in [0, 0.1) is 0 Å². The van der Waals surface area contributed by atoms with Gasteiger partial charge in [-0.25, -0.2) is 4.79 Å². The van der Waals surface area contributed by atoms with Crippen molar-refractivity contribution in [3.05, 3.63) is 84.3 Å². The van der Waals surface area contributed by atoms with E-state index in [4.69, 9.17) is 4.42 Å². The van der Waals surface area contributed by atoms with Gasteiger partial charge in [-0.05, 0) is 35.9 Å². The van der Waals surface area contributed by atoms with E-state index in [1.54, 1.807) is 36.4 Å². The maximum Gasteiger partial charge on any atom is 0.315 e. The summed E-state index contributed by atoms with van der Waals surface area (Å²) in [4.78, 5) is 35.9. The van der Waals surface area contributed by atoms with E-state index in [1.165, 1.54) is 6.26 Å². The van der Waals surface area contributed by atoms with Crippen molar-refractivity contribution < 1.29 is 18.8 Å². The number of anilines is 2. The van der Waals surface area contributed by atoms with E-state index in [1.807, 2.05) is 30.3 Å². The number of amides is 4. The van der Waals surface area contributed by atoms with Crippen LogP contribution >= 0.6 is 0 Å². The summed E-state index contributed by atoms with van der Waals surface area (Å²) in [5, 5.41) is 10.5. The number of nitrogens with one attached hydrogen (secondary N) is 4. The summed E-state index contributed by atoms with van der Waals surface area (Å²) in [6.45, 7) is 0.176. The third-order valence-electron chi connectivity index (χ3n) is 3.85. The lowest BCUT2D eigenvalue weighted by Crippen LogP contribution is -2.39. The highest BCUT2D eigenvalue weighted by Crippen LogP contribution is 2.16. The van der Waals surface area contributed by atoms with Gasteiger partial charge < -0.3 is 25.7 Å². The van der Waals surface area contributed by atoms with E-state index >= 15 is 0 Å². The van der Waals surface area contributed by atoms with Crippen molar-refractivity contribution in [1.29, 1.82) is 0 Å². The fourth-order valence-electron chi connectivity index (χ4n) is 2.48. The Hall–Kier alpha value is -4.07. The van der Waals surface area contributed by atoms with Gasteiger partial charge in [0.2, 0.25) is 5.91 Å². The molecule has 4 amide bonds. The van der Waals surface area contributed by atoms with Crippen LogP contribution in [0.5, 0.6) is 0 Å². The summed E-state index contributed by atoms with van der Waals surface area (Å²) < 4.78 is 5.04. The average molecular weight is 392 g/mol. The third-order valence-corrected chi connectivity index (χ3v) is 3.85. The fraction of sp³-hybridized carbons (Fsp3) is 0.0952. The van der Waals surface area contributed by atoms with Gasteiger partial charge in [0.25, 0.3) is 5.91 Å². The first kappa shape index (κ1) is 19.7. The summed E-state index contributed by atoms with van der Waals surface area (Å²) in [6.07, 6.45) is 1.41. The van der Waals surface area contributed by atoms with Crippen LogP contribution in [0.1, 0.15) is 16.1 Å². The average Bonchev–Trinajstić information content (AvgIpc) is 3.27. The second-order valence-corrected chi connectivity index (χ2v) is 6.08. The Bertz CT molecular complexity index is 971. The Morgan fingerprint density at radius 1 is 0.793 bits per heavy atom. The second kappa shape index (κ2) is 9.75. The molecule has 4 N–H and O–H groups in total. The predicted octanol–water partition coefficient (Wildman–Crippen LogP) is 2.97. The van der Waals surface area contributed by atoms with Gasteiger partial charge in [-0.3, -0.25) is 9.59 Å². The Kier molecular flexibility index (Phi) is 6.62. The van der Waals surface area contributed by atoms with E-state index in [0.29, 0.717) is 17.9 Å². The zero-order valence-corrected chi connectivity index (χ0v) is 15.5. The summed E-state index contributed by atoms with van der Waals surface area (Å²) in [7, 11) is 0. The molecule has 0 saturated carbocycles. The number of urea groups is 1. The minimum atomic E-state index is -0.441. The molecule has 3 rings (SSSR count). The van der Waals surface area contributed by atoms with Crippen LogP contribution in [-0.4, -0.2) is 24.4 Å². The molecule has 148 valence electrons. The summed E-state index contributed by atoms with van der Waals surface area (Å²) in [5.41, 5.74) is 1.94. The van der Waals surface area contributed by atoms with Crippen LogP contribution in [0.15, 0.2) is 77.4 Å². The SMILES string of the molecule is O=C(CNC(=O)NCc1ccccc1)Nc1cccc(NC(=O)c2ccco2)c1. The predicted molar refractivity (Wildman–Crippen MR) is 108 cm³/mol. The summed E-state index contributed by atoms with van der Waals surface area (Å²) in [5.74, 6) is -0.602. The minimum Gasteiger partial charge on any atom is -0.459 e. The van der Waals surface area contributed by atoms with E-state index in [0.717, 1.165) is 5.56 Å². The molecule has 8 heteroatoms. The number of rotatable bonds is 7. The Morgan fingerprint density at radius 2 is 1.55 bits per heavy atom. The molecule has 2 aromatic carbocycles. The maximum atomic E-state index is 12.1. The van der Waals surface area contributed by atoms with E-state index in [9.17, 15) is 14.4 Å². The highest BCUT2D eigenvalue weighted by molar-refractivity contribution is 6.02. The molecular weight excluding hydrogens is 372 g/mol. The normalized spacial score (nSPS) is 10.1. The first-order valence-electron chi connectivity index (χ1n) is 8.90. The molecule has 0 saturated heterocycles. The van der Waals surface area contributed by atoms with E-state index < -0.39 is 17.8 Å². The van der Waals surface area contributed by atoms with Crippen molar-refractivity contribution in [1.82, 2.24) is 10.6 Å². The Morgan fingerprint density at radius 3 is 2.28 bits per heavy atom. The topological polar surface area (TPSA) is 112 Å². The van der Waals surface area contributed by atoms with Crippen LogP contribution in [0.2, 0.25) is 0 Å². The molecule has 0 bridgehead atoms. The Labute approximate surface area is 167 Å². The van der Waals surface area contributed by atoms with Gasteiger partial charge in [-0.15, -0.1) is 0 Å². The standard InChI is InChI=1S/C21H20N4O4/c26-19(14-23-21(28)22-13-15-6-2-1-3-7-15)24-16-8-4-9-17(12-16)25-20(27)18-10-5-11-29-18/h1-12H,13-14H2,(H,24,26)(H,25,27)(H2,22,23,28). The molecule has 29 heavy (non-hydrogen) atoms. The maximum absolute atomic E-state index is 12.1. The van der Waals surface area contributed by atoms with Crippen molar-refractivity contribution in [2.75, 3.05) is 17.2 Å². The molecule has 0 radical (unpaired) electrons. The second-order valence-electron chi connectivity index (χ2n) is 6.08. The van der Waals surface area contributed by atoms with Gasteiger partial charge in [0, 0.05) is 17.9 Å². The molecule has 1 aromatic heterocycles. The van der Waals surface area contributed by atoms with Gasteiger partial charge in [0.1, 0.15) is 0 Å². The molecule has 8 nitrogen and oxygen atoms in total. The zero-order chi connectivity index (χ0) is 20.5. The number of carbonyl (C=O) groups excluding carboxylic acids is 3. The number of hydrogen-bond acceptors (Lipinski definition) is 4. The summed E-state index contributed by atoms with van der Waals surface area (Å²) >= 11 is 0. The van der Waals surface area contributed by atoms with Crippen LogP contribution in [-0.2, 0) is 11.3 Å². The fourth-order valence-corrected chi connectivity index (χ4v) is 2.48. The van der Waals surface area contributed by atoms with Crippen LogP contribution in [0.4, 0.5) is 16.2 Å². The van der Waals surface area contributed by atoms with Crippen molar-refractivity contribution in [3.8, 4) is 0 Å². The number of furan rings is 1. The quantitative estimate of drug-likeness (QED) is 0.495. The van der Waals surface area contributed by atoms with Crippen molar-refractivity contribution >= 4 is 29.2 Å². The summed E-state index contributed by atoms with van der Waals surface area (Å²) in [6, 6.07) is 18.8. The van der Waals surface area contributed by atoms with Crippen molar-refractivity contribution in [2.45, 2.75) is 6.54 Å². The number of hydrogen-bond donors (Lipinski definition) is 4. The molecule has 1 heterocycles. The highest BCUT2D eigenvalue weighted by atomic mass is 16.3. The number of carbonyl (C=O) groups is 3. The van der Waals surface area contributed by atoms with Gasteiger partial charge in [-0.2, -0.15) is 0 Å². The lowest BCUT2D eigenvalue weighted by molar-refractivity contribution is -0.115. The molecule has 0 fully saturated rings. The van der Waals surface area contributed by atoms with Gasteiger partial charge >= 0.3 is 6.03 Å². The molecule has 0 unspecified atom stereocenters. The van der Waals surface area contributed by atoms with Crippen LogP contribution < -0.4 is 21.3 Å². The molecule has 0 aliphatic rings. The van der Waals surface area contributed by atoms with Gasteiger partial charge in [0.05, 0.1) is 12.8 Å². The first-order valence-corrected chi connectivity index (χ1v) is 8.90. The molecular formula is C21H20N4O4.